The van der Waals surface area contributed by atoms with Crippen molar-refractivity contribution >= 4 is 21.1 Å². The average Bonchev–Trinajstić information content (AvgIpc) is 2.72. The third-order valence-corrected chi connectivity index (χ3v) is 9.76. The summed E-state index contributed by atoms with van der Waals surface area (Å²) < 4.78 is 22.4. The van der Waals surface area contributed by atoms with Crippen LogP contribution in [0.1, 0.15) is 122 Å². The molecule has 0 rings (SSSR count). The van der Waals surface area contributed by atoms with E-state index in [2.05, 4.69) is 12.2 Å². The smallest absolute Gasteiger partial charge is 0.776 e. The molecule has 0 aliphatic rings. The van der Waals surface area contributed by atoms with Gasteiger partial charge in [0, 0.05) is 13.0 Å². The number of carbonyl (C=O) groups excluding carboxylic acids is 1. The maximum Gasteiger partial charge on any atom is 1.00 e. The van der Waals surface area contributed by atoms with Crippen molar-refractivity contribution in [3.8, 4) is 0 Å². The summed E-state index contributed by atoms with van der Waals surface area (Å²) >= 11 is 0. The molecule has 0 spiro atoms. The molecule has 198 valence electrons. The van der Waals surface area contributed by atoms with Gasteiger partial charge in [0.15, 0.2) is 7.60 Å². The minimum atomic E-state index is -5.69. The van der Waals surface area contributed by atoms with Gasteiger partial charge in [-0.3, -0.25) is 9.36 Å². The molecular formula is C22H46NNaO8P2. The molecule has 0 aliphatic carbocycles. The first kappa shape index (κ1) is 36.9. The van der Waals surface area contributed by atoms with Crippen LogP contribution in [0, 0.1) is 0 Å². The fourth-order valence-corrected chi connectivity index (χ4v) is 5.96. The van der Waals surface area contributed by atoms with Crippen LogP contribution in [0.2, 0.25) is 0 Å². The van der Waals surface area contributed by atoms with Crippen molar-refractivity contribution in [2.24, 2.45) is 0 Å². The Kier molecular flexibility index (Phi) is 22.5. The summed E-state index contributed by atoms with van der Waals surface area (Å²) in [5, 5.41) is 8.70. The monoisotopic (exact) mass is 537 g/mol. The van der Waals surface area contributed by atoms with Gasteiger partial charge in [0.05, 0.1) is 0 Å². The van der Waals surface area contributed by atoms with Crippen LogP contribution in [0.25, 0.3) is 0 Å². The molecule has 1 amide bonds. The van der Waals surface area contributed by atoms with Crippen molar-refractivity contribution in [1.82, 2.24) is 5.32 Å². The van der Waals surface area contributed by atoms with Crippen molar-refractivity contribution in [2.45, 2.75) is 128 Å². The Morgan fingerprint density at radius 1 is 0.765 bits per heavy atom. The summed E-state index contributed by atoms with van der Waals surface area (Å²) in [4.78, 5) is 50.0. The molecule has 0 fully saturated rings. The van der Waals surface area contributed by atoms with Gasteiger partial charge < -0.3 is 34.6 Å². The number of carbonyl (C=O) groups is 1. The molecule has 2 atom stereocenters. The SMILES string of the molecule is CCCCCCCCCCCCCCCCCC(=O)NCCCC(O)(P(=O)([O-])O)P(=O)(O)O.[Na+]. The fourth-order valence-electron chi connectivity index (χ4n) is 3.75. The Morgan fingerprint density at radius 2 is 1.15 bits per heavy atom. The van der Waals surface area contributed by atoms with Crippen molar-refractivity contribution < 1.29 is 68.2 Å². The van der Waals surface area contributed by atoms with E-state index in [1.54, 1.807) is 0 Å². The Labute approximate surface area is 227 Å². The van der Waals surface area contributed by atoms with Crippen LogP contribution in [-0.2, 0) is 13.9 Å². The van der Waals surface area contributed by atoms with E-state index < -0.39 is 26.7 Å². The second kappa shape index (κ2) is 20.7. The van der Waals surface area contributed by atoms with Gasteiger partial charge in [-0.1, -0.05) is 96.8 Å². The third kappa shape index (κ3) is 17.2. The van der Waals surface area contributed by atoms with Gasteiger partial charge in [0.25, 0.3) is 0 Å². The summed E-state index contributed by atoms with van der Waals surface area (Å²) in [6.07, 6.45) is 17.7. The minimum Gasteiger partial charge on any atom is -0.776 e. The van der Waals surface area contributed by atoms with Crippen LogP contribution in [0.3, 0.4) is 0 Å². The summed E-state index contributed by atoms with van der Waals surface area (Å²) in [5.74, 6) is -0.237. The number of rotatable bonds is 22. The summed E-state index contributed by atoms with van der Waals surface area (Å²) in [6, 6.07) is 0. The average molecular weight is 538 g/mol. The zero-order valence-electron chi connectivity index (χ0n) is 21.3. The molecule has 5 N–H and O–H groups in total. The van der Waals surface area contributed by atoms with E-state index in [0.29, 0.717) is 6.42 Å². The molecule has 0 aliphatic heterocycles. The van der Waals surface area contributed by atoms with E-state index in [1.165, 1.54) is 70.6 Å². The number of hydrogen-bond acceptors (Lipinski definition) is 5. The number of hydrogen-bond donors (Lipinski definition) is 5. The molecule has 0 aromatic rings. The molecule has 0 saturated carbocycles. The quantitative estimate of drug-likeness (QED) is 0.0787. The van der Waals surface area contributed by atoms with Crippen LogP contribution in [0.4, 0.5) is 0 Å². The van der Waals surface area contributed by atoms with Gasteiger partial charge in [-0.2, -0.15) is 0 Å². The molecular weight excluding hydrogens is 491 g/mol. The molecule has 34 heavy (non-hydrogen) atoms. The zero-order valence-corrected chi connectivity index (χ0v) is 25.0. The van der Waals surface area contributed by atoms with Gasteiger partial charge in [-0.05, 0) is 19.3 Å². The maximum atomic E-state index is 11.8. The molecule has 0 aromatic heterocycles. The van der Waals surface area contributed by atoms with Crippen molar-refractivity contribution in [3.63, 3.8) is 0 Å². The maximum absolute atomic E-state index is 11.8. The van der Waals surface area contributed by atoms with Crippen molar-refractivity contribution in [1.29, 1.82) is 0 Å². The first-order chi connectivity index (χ1) is 15.5. The van der Waals surface area contributed by atoms with E-state index in [-0.39, 0.29) is 48.4 Å². The predicted octanol–water partition coefficient (Wildman–Crippen LogP) is 1.52. The van der Waals surface area contributed by atoms with Crippen LogP contribution in [-0.4, -0.2) is 37.3 Å². The molecule has 0 saturated heterocycles. The van der Waals surface area contributed by atoms with Crippen molar-refractivity contribution in [2.75, 3.05) is 6.54 Å². The molecule has 0 bridgehead atoms. The van der Waals surface area contributed by atoms with Gasteiger partial charge in [-0.15, -0.1) is 0 Å². The zero-order chi connectivity index (χ0) is 25.2. The number of nitrogens with one attached hydrogen (secondary N) is 1. The van der Waals surface area contributed by atoms with Crippen LogP contribution in [0.5, 0.6) is 0 Å². The van der Waals surface area contributed by atoms with Gasteiger partial charge in [0.1, 0.15) is 0 Å². The Bertz CT molecular complexity index is 590. The topological polar surface area (TPSA) is 167 Å². The van der Waals surface area contributed by atoms with E-state index in [0.717, 1.165) is 25.7 Å². The van der Waals surface area contributed by atoms with Crippen LogP contribution in [0.15, 0.2) is 0 Å². The molecule has 12 heteroatoms. The number of unbranched alkanes of at least 4 members (excludes halogenated alkanes) is 14. The second-order valence-corrected chi connectivity index (χ2v) is 13.0. The Hall–Kier alpha value is 0.730. The van der Waals surface area contributed by atoms with Crippen molar-refractivity contribution in [3.05, 3.63) is 0 Å². The second-order valence-electron chi connectivity index (χ2n) is 8.99. The van der Waals surface area contributed by atoms with E-state index in [4.69, 9.17) is 14.7 Å². The largest absolute Gasteiger partial charge is 1.00 e. The number of aliphatic hydroxyl groups is 1. The summed E-state index contributed by atoms with van der Waals surface area (Å²) in [5.41, 5.74) is 0. The molecule has 2 unspecified atom stereocenters. The number of amides is 1. The molecule has 0 radical (unpaired) electrons. The summed E-state index contributed by atoms with van der Waals surface area (Å²) in [6.45, 7) is 2.18. The van der Waals surface area contributed by atoms with E-state index in [1.807, 2.05) is 0 Å². The van der Waals surface area contributed by atoms with Gasteiger partial charge in [0.2, 0.25) is 11.0 Å². The fraction of sp³-hybridized carbons (Fsp3) is 0.955. The van der Waals surface area contributed by atoms with Gasteiger partial charge in [-0.25, -0.2) is 0 Å². The van der Waals surface area contributed by atoms with E-state index >= 15 is 0 Å². The molecule has 9 nitrogen and oxygen atoms in total. The molecule has 0 aromatic carbocycles. The first-order valence-electron chi connectivity index (χ1n) is 12.5. The molecule has 0 heterocycles. The Balaban J connectivity index is 0. The van der Waals surface area contributed by atoms with Gasteiger partial charge >= 0.3 is 37.2 Å². The van der Waals surface area contributed by atoms with E-state index in [9.17, 15) is 23.9 Å². The normalized spacial score (nSPS) is 15.2. The Morgan fingerprint density at radius 3 is 1.50 bits per heavy atom. The predicted molar refractivity (Wildman–Crippen MR) is 129 cm³/mol. The minimum absolute atomic E-state index is 0. The third-order valence-electron chi connectivity index (χ3n) is 5.94. The van der Waals surface area contributed by atoms with Crippen LogP contribution < -0.4 is 39.8 Å². The summed E-state index contributed by atoms with van der Waals surface area (Å²) in [7, 11) is -11.2. The first-order valence-corrected chi connectivity index (χ1v) is 15.7. The van der Waals surface area contributed by atoms with Crippen LogP contribution >= 0.6 is 15.2 Å². The standard InChI is InChI=1S/C22H47NO8P2.Na/c1-2-3-4-5-6-7-8-9-10-11-12-13-14-15-16-18-21(24)23-20-17-19-22(25,32(26,27)28)33(29,30)31;/h25H,2-20H2,1H3,(H,23,24)(H2,26,27,28)(H2,29,30,31);/q;+1/p-1.